The van der Waals surface area contributed by atoms with Gasteiger partial charge in [-0.15, -0.1) is 0 Å². The second-order valence-electron chi connectivity index (χ2n) is 13.2. The first-order valence-electron chi connectivity index (χ1n) is 19.1. The molecule has 1 nitrogen and oxygen atoms in total. The number of nitrogens with zero attached hydrogens (tertiary/aromatic N) is 1. The zero-order valence-corrected chi connectivity index (χ0v) is 28.4. The minimum Gasteiger partial charge on any atom is -0.293 e. The maximum atomic E-state index is 2.74. The van der Waals surface area contributed by atoms with Gasteiger partial charge in [0.05, 0.1) is 0 Å². The van der Waals surface area contributed by atoms with Gasteiger partial charge >= 0.3 is 0 Å². The van der Waals surface area contributed by atoms with Gasteiger partial charge < -0.3 is 0 Å². The molecule has 0 radical (unpaired) electrons. The van der Waals surface area contributed by atoms with E-state index in [0.29, 0.717) is 0 Å². The van der Waals surface area contributed by atoms with Crippen LogP contribution in [0, 0.1) is 0 Å². The summed E-state index contributed by atoms with van der Waals surface area (Å²) in [5, 5.41) is 0. The molecule has 0 fully saturated rings. The maximum Gasteiger partial charge on any atom is 0.0281 e. The lowest BCUT2D eigenvalue weighted by Gasteiger charge is -2.24. The molecule has 0 aromatic heterocycles. The lowest BCUT2D eigenvalue weighted by Crippen LogP contribution is -2.30. The van der Waals surface area contributed by atoms with Crippen LogP contribution in [0.5, 0.6) is 0 Å². The van der Waals surface area contributed by atoms with E-state index in [9.17, 15) is 0 Å². The average Bonchev–Trinajstić information content (AvgIpc) is 3.43. The summed E-state index contributed by atoms with van der Waals surface area (Å²) in [6.45, 7) is 7.10. The molecule has 1 aliphatic heterocycles. The van der Waals surface area contributed by atoms with Gasteiger partial charge in [0.2, 0.25) is 0 Å². The van der Waals surface area contributed by atoms with Crippen molar-refractivity contribution in [3.8, 4) is 0 Å². The Bertz CT molecular complexity index is 588. The van der Waals surface area contributed by atoms with Crippen LogP contribution in [-0.4, -0.2) is 24.0 Å². The van der Waals surface area contributed by atoms with Crippen LogP contribution in [0.2, 0.25) is 0 Å². The Morgan fingerprint density at radius 1 is 0.463 bits per heavy atom. The third kappa shape index (κ3) is 26.5. The molecule has 1 unspecified atom stereocenters. The van der Waals surface area contributed by atoms with Crippen LogP contribution >= 0.6 is 0 Å². The molecule has 1 aliphatic rings. The molecule has 1 atom stereocenters. The van der Waals surface area contributed by atoms with E-state index in [1.54, 1.807) is 0 Å². The topological polar surface area (TPSA) is 3.24 Å². The van der Waals surface area contributed by atoms with Crippen molar-refractivity contribution in [3.05, 3.63) is 36.5 Å². The van der Waals surface area contributed by atoms with E-state index in [4.69, 9.17) is 0 Å². The molecule has 240 valence electrons. The highest BCUT2D eigenvalue weighted by Crippen LogP contribution is 2.19. The molecule has 1 heteroatoms. The van der Waals surface area contributed by atoms with Crippen molar-refractivity contribution < 1.29 is 0 Å². The predicted molar refractivity (Wildman–Crippen MR) is 188 cm³/mol. The van der Waals surface area contributed by atoms with Crippen LogP contribution < -0.4 is 0 Å². The zero-order valence-electron chi connectivity index (χ0n) is 28.4. The van der Waals surface area contributed by atoms with Crippen molar-refractivity contribution in [2.24, 2.45) is 0 Å². The Morgan fingerprint density at radius 3 is 1.27 bits per heavy atom. The first-order valence-corrected chi connectivity index (χ1v) is 19.1. The summed E-state index contributed by atoms with van der Waals surface area (Å²) in [4.78, 5) is 2.74. The van der Waals surface area contributed by atoms with Crippen LogP contribution in [0.3, 0.4) is 0 Å². The number of hydrogen-bond acceptors (Lipinski definition) is 1. The molecular formula is C40H75N. The zero-order chi connectivity index (χ0) is 29.3. The third-order valence-corrected chi connectivity index (χ3v) is 9.14. The molecule has 0 aliphatic carbocycles. The van der Waals surface area contributed by atoms with Crippen molar-refractivity contribution >= 4 is 0 Å². The van der Waals surface area contributed by atoms with E-state index < -0.39 is 0 Å². The second-order valence-corrected chi connectivity index (χ2v) is 13.2. The molecule has 0 spiro atoms. The standard InChI is InChI=1S/C40H75N/c1-3-5-7-9-11-13-15-17-19-21-23-25-27-29-31-33-36-40-37-35-39-41(40)38-34-32-30-28-26-24-22-20-18-16-14-12-10-8-6-4-2/h17-20,35,37,40H,3-16,21-34,36,38-39H2,1-2H3. The Morgan fingerprint density at radius 2 is 0.829 bits per heavy atom. The largest absolute Gasteiger partial charge is 0.293 e. The van der Waals surface area contributed by atoms with Crippen molar-refractivity contribution in [3.63, 3.8) is 0 Å². The fourth-order valence-corrected chi connectivity index (χ4v) is 6.31. The van der Waals surface area contributed by atoms with E-state index in [1.807, 2.05) is 0 Å². The van der Waals surface area contributed by atoms with E-state index in [0.717, 1.165) is 6.04 Å². The molecule has 1 rings (SSSR count). The molecule has 0 saturated heterocycles. The lowest BCUT2D eigenvalue weighted by atomic mass is 10.0. The highest BCUT2D eigenvalue weighted by atomic mass is 15.2. The first kappa shape index (κ1) is 38.2. The van der Waals surface area contributed by atoms with Gasteiger partial charge in [0.1, 0.15) is 0 Å². The molecule has 0 aromatic rings. The van der Waals surface area contributed by atoms with E-state index in [-0.39, 0.29) is 0 Å². The van der Waals surface area contributed by atoms with Gasteiger partial charge in [-0.1, -0.05) is 172 Å². The van der Waals surface area contributed by atoms with Gasteiger partial charge in [-0.3, -0.25) is 4.90 Å². The van der Waals surface area contributed by atoms with Crippen molar-refractivity contribution in [2.45, 2.75) is 206 Å². The smallest absolute Gasteiger partial charge is 0.0281 e. The predicted octanol–water partition coefficient (Wildman–Crippen LogP) is 13.7. The number of hydrogen-bond donors (Lipinski definition) is 0. The summed E-state index contributed by atoms with van der Waals surface area (Å²) in [6, 6.07) is 0.731. The quantitative estimate of drug-likeness (QED) is 0.0575. The number of unbranched alkanes of at least 4 members (excludes halogenated alkanes) is 24. The van der Waals surface area contributed by atoms with Crippen LogP contribution in [0.25, 0.3) is 0 Å². The summed E-state index contributed by atoms with van der Waals surface area (Å²) in [7, 11) is 0. The summed E-state index contributed by atoms with van der Waals surface area (Å²) in [5.41, 5.74) is 0. The Balaban J connectivity index is 1.83. The van der Waals surface area contributed by atoms with Gasteiger partial charge in [-0.2, -0.15) is 0 Å². The fourth-order valence-electron chi connectivity index (χ4n) is 6.31. The van der Waals surface area contributed by atoms with Crippen molar-refractivity contribution in [1.82, 2.24) is 4.90 Å². The molecule has 0 amide bonds. The van der Waals surface area contributed by atoms with E-state index >= 15 is 0 Å². The normalized spacial score (nSPS) is 15.8. The van der Waals surface area contributed by atoms with Crippen LogP contribution in [0.1, 0.15) is 200 Å². The van der Waals surface area contributed by atoms with E-state index in [1.165, 1.54) is 199 Å². The highest BCUT2D eigenvalue weighted by Gasteiger charge is 2.18. The van der Waals surface area contributed by atoms with Gasteiger partial charge in [0, 0.05) is 12.6 Å². The van der Waals surface area contributed by atoms with E-state index in [2.05, 4.69) is 55.2 Å². The number of rotatable bonds is 32. The minimum atomic E-state index is 0.731. The second kappa shape index (κ2) is 32.1. The summed E-state index contributed by atoms with van der Waals surface area (Å²) in [6.07, 6.45) is 55.3. The van der Waals surface area contributed by atoms with Crippen LogP contribution in [-0.2, 0) is 0 Å². The van der Waals surface area contributed by atoms with Crippen LogP contribution in [0.4, 0.5) is 0 Å². The summed E-state index contributed by atoms with van der Waals surface area (Å²) in [5.74, 6) is 0. The maximum absolute atomic E-state index is 2.74. The van der Waals surface area contributed by atoms with Crippen molar-refractivity contribution in [1.29, 1.82) is 0 Å². The third-order valence-electron chi connectivity index (χ3n) is 9.14. The van der Waals surface area contributed by atoms with Gasteiger partial charge in [-0.05, 0) is 70.8 Å². The Kier molecular flexibility index (Phi) is 29.9. The van der Waals surface area contributed by atoms with Gasteiger partial charge in [0.25, 0.3) is 0 Å². The van der Waals surface area contributed by atoms with Gasteiger partial charge in [-0.25, -0.2) is 0 Å². The molecule has 0 aromatic carbocycles. The number of allylic oxidation sites excluding steroid dienone is 4. The minimum absolute atomic E-state index is 0.731. The average molecular weight is 570 g/mol. The molecule has 0 bridgehead atoms. The monoisotopic (exact) mass is 570 g/mol. The Labute approximate surface area is 260 Å². The van der Waals surface area contributed by atoms with Gasteiger partial charge in [0.15, 0.2) is 0 Å². The lowest BCUT2D eigenvalue weighted by molar-refractivity contribution is 0.250. The molecule has 0 N–H and O–H groups in total. The van der Waals surface area contributed by atoms with Crippen LogP contribution in [0.15, 0.2) is 36.5 Å². The van der Waals surface area contributed by atoms with Crippen molar-refractivity contribution in [2.75, 3.05) is 13.1 Å². The highest BCUT2D eigenvalue weighted by molar-refractivity contribution is 5.03. The first-order chi connectivity index (χ1) is 20.4. The molecule has 0 saturated carbocycles. The molecule has 1 heterocycles. The fraction of sp³-hybridized carbons (Fsp3) is 0.850. The summed E-state index contributed by atoms with van der Waals surface area (Å²) < 4.78 is 0. The molecule has 41 heavy (non-hydrogen) atoms. The summed E-state index contributed by atoms with van der Waals surface area (Å²) >= 11 is 0. The Hall–Kier alpha value is -0.820. The SMILES string of the molecule is CCCCCCCCC=CCCCCCCCCC1C=CCN1CCCCCCCCC=CCCCCCCCC. The molecular weight excluding hydrogens is 494 g/mol.